The Morgan fingerprint density at radius 2 is 1.91 bits per heavy atom. The van der Waals surface area contributed by atoms with Crippen molar-refractivity contribution in [2.24, 2.45) is 0 Å². The van der Waals surface area contributed by atoms with Crippen molar-refractivity contribution in [1.82, 2.24) is 14.8 Å². The van der Waals surface area contributed by atoms with E-state index >= 15 is 0 Å². The standard InChI is InChI=1S/C24H27N5O2S/c1-15-9-11-18(12-10-15)23-27-28-24(31-23)32-14-21(30)26-22-20(13-25)16(2)17(3)29(22)19-7-5-4-6-8-19/h9-12,19H,4-8,14H2,1-3H3,(H,26,30). The number of carbonyl (C=O) groups excluding carboxylic acids is 1. The van der Waals surface area contributed by atoms with E-state index in [9.17, 15) is 10.1 Å². The van der Waals surface area contributed by atoms with E-state index in [2.05, 4.69) is 26.2 Å². The molecule has 1 saturated carbocycles. The number of hydrogen-bond donors (Lipinski definition) is 1. The molecule has 1 aliphatic carbocycles. The van der Waals surface area contributed by atoms with Gasteiger partial charge >= 0.3 is 0 Å². The number of anilines is 1. The lowest BCUT2D eigenvalue weighted by atomic mass is 9.95. The van der Waals surface area contributed by atoms with Crippen LogP contribution in [0.5, 0.6) is 0 Å². The molecule has 3 aromatic rings. The van der Waals surface area contributed by atoms with E-state index in [0.29, 0.717) is 28.5 Å². The molecule has 7 nitrogen and oxygen atoms in total. The van der Waals surface area contributed by atoms with Gasteiger partial charge in [-0.05, 0) is 51.3 Å². The molecule has 2 heterocycles. The van der Waals surface area contributed by atoms with E-state index in [-0.39, 0.29) is 11.7 Å². The molecule has 1 amide bonds. The Morgan fingerprint density at radius 1 is 1.19 bits per heavy atom. The maximum Gasteiger partial charge on any atom is 0.277 e. The first kappa shape index (κ1) is 22.2. The predicted octanol–water partition coefficient (Wildman–Crippen LogP) is 5.57. The first-order valence-electron chi connectivity index (χ1n) is 10.9. The highest BCUT2D eigenvalue weighted by Gasteiger charge is 2.26. The topological polar surface area (TPSA) is 96.7 Å². The third-order valence-corrected chi connectivity index (χ3v) is 6.92. The summed E-state index contributed by atoms with van der Waals surface area (Å²) in [4.78, 5) is 12.8. The van der Waals surface area contributed by atoms with Gasteiger partial charge in [-0.1, -0.05) is 48.7 Å². The van der Waals surface area contributed by atoms with Crippen LogP contribution in [0.2, 0.25) is 0 Å². The number of rotatable bonds is 6. The molecule has 0 radical (unpaired) electrons. The number of nitrogens with zero attached hydrogens (tertiary/aromatic N) is 4. The first-order chi connectivity index (χ1) is 15.5. The zero-order valence-corrected chi connectivity index (χ0v) is 19.5. The van der Waals surface area contributed by atoms with Crippen LogP contribution in [0.25, 0.3) is 11.5 Å². The first-order valence-corrected chi connectivity index (χ1v) is 11.9. The summed E-state index contributed by atoms with van der Waals surface area (Å²) >= 11 is 1.19. The fourth-order valence-electron chi connectivity index (χ4n) is 4.26. The second-order valence-electron chi connectivity index (χ2n) is 8.28. The summed E-state index contributed by atoms with van der Waals surface area (Å²) < 4.78 is 7.86. The highest BCUT2D eigenvalue weighted by atomic mass is 32.2. The Hall–Kier alpha value is -3.05. The van der Waals surface area contributed by atoms with E-state index in [1.54, 1.807) is 0 Å². The second kappa shape index (κ2) is 9.61. The van der Waals surface area contributed by atoms with Crippen molar-refractivity contribution in [3.8, 4) is 17.5 Å². The van der Waals surface area contributed by atoms with Crippen LogP contribution in [0.15, 0.2) is 33.9 Å². The summed E-state index contributed by atoms with van der Waals surface area (Å²) in [5.74, 6) is 0.966. The smallest absolute Gasteiger partial charge is 0.277 e. The van der Waals surface area contributed by atoms with Crippen molar-refractivity contribution in [2.75, 3.05) is 11.1 Å². The molecule has 1 N–H and O–H groups in total. The van der Waals surface area contributed by atoms with E-state index in [1.807, 2.05) is 45.0 Å². The molecule has 2 aromatic heterocycles. The third-order valence-electron chi connectivity index (χ3n) is 6.10. The minimum atomic E-state index is -0.198. The van der Waals surface area contributed by atoms with Gasteiger partial charge in [0.05, 0.1) is 11.3 Å². The molecule has 8 heteroatoms. The van der Waals surface area contributed by atoms with Gasteiger partial charge < -0.3 is 14.3 Å². The number of amides is 1. The average molecular weight is 450 g/mol. The van der Waals surface area contributed by atoms with Crippen molar-refractivity contribution in [1.29, 1.82) is 5.26 Å². The highest BCUT2D eigenvalue weighted by molar-refractivity contribution is 7.99. The largest absolute Gasteiger partial charge is 0.411 e. The fraction of sp³-hybridized carbons (Fsp3) is 0.417. The Kier molecular flexibility index (Phi) is 6.66. The lowest BCUT2D eigenvalue weighted by Gasteiger charge is -2.27. The van der Waals surface area contributed by atoms with Crippen LogP contribution < -0.4 is 5.32 Å². The van der Waals surface area contributed by atoms with Crippen molar-refractivity contribution < 1.29 is 9.21 Å². The van der Waals surface area contributed by atoms with E-state index in [0.717, 1.165) is 35.2 Å². The molecule has 4 rings (SSSR count). The lowest BCUT2D eigenvalue weighted by molar-refractivity contribution is -0.113. The van der Waals surface area contributed by atoms with E-state index in [4.69, 9.17) is 4.42 Å². The van der Waals surface area contributed by atoms with Crippen LogP contribution in [0.3, 0.4) is 0 Å². The number of nitrogens with one attached hydrogen (secondary N) is 1. The SMILES string of the molecule is Cc1ccc(-c2nnc(SCC(=O)Nc3c(C#N)c(C)c(C)n3C3CCCCC3)o2)cc1. The van der Waals surface area contributed by atoms with Gasteiger partial charge in [0.1, 0.15) is 11.9 Å². The summed E-state index contributed by atoms with van der Waals surface area (Å²) in [6, 6.07) is 10.4. The summed E-state index contributed by atoms with van der Waals surface area (Å²) in [6.07, 6.45) is 5.73. The van der Waals surface area contributed by atoms with E-state index in [1.165, 1.54) is 31.0 Å². The molecule has 1 aliphatic rings. The van der Waals surface area contributed by atoms with Crippen molar-refractivity contribution in [2.45, 2.75) is 64.1 Å². The van der Waals surface area contributed by atoms with Crippen LogP contribution in [-0.4, -0.2) is 26.4 Å². The molecule has 0 aliphatic heterocycles. The molecule has 166 valence electrons. The Morgan fingerprint density at radius 3 is 2.59 bits per heavy atom. The second-order valence-corrected chi connectivity index (χ2v) is 9.21. The van der Waals surface area contributed by atoms with Gasteiger partial charge in [0, 0.05) is 17.3 Å². The molecule has 0 spiro atoms. The summed E-state index contributed by atoms with van der Waals surface area (Å²) in [5.41, 5.74) is 4.52. The van der Waals surface area contributed by atoms with Gasteiger partial charge in [0.15, 0.2) is 0 Å². The molecule has 1 fully saturated rings. The number of benzene rings is 1. The Bertz CT molecular complexity index is 1150. The number of aromatic nitrogens is 3. The molecule has 0 atom stereocenters. The number of thioether (sulfide) groups is 1. The molecule has 0 unspecified atom stereocenters. The molecular weight excluding hydrogens is 422 g/mol. The number of nitriles is 1. The molecule has 0 saturated heterocycles. The van der Waals surface area contributed by atoms with E-state index < -0.39 is 0 Å². The highest BCUT2D eigenvalue weighted by Crippen LogP contribution is 2.37. The number of aryl methyl sites for hydroxylation is 1. The van der Waals surface area contributed by atoms with Crippen molar-refractivity contribution in [3.05, 3.63) is 46.6 Å². The van der Waals surface area contributed by atoms with Crippen LogP contribution in [0, 0.1) is 32.1 Å². The van der Waals surface area contributed by atoms with Crippen LogP contribution in [-0.2, 0) is 4.79 Å². The third kappa shape index (κ3) is 4.58. The van der Waals surface area contributed by atoms with Crippen molar-refractivity contribution >= 4 is 23.5 Å². The lowest BCUT2D eigenvalue weighted by Crippen LogP contribution is -2.21. The molecule has 0 bridgehead atoms. The van der Waals surface area contributed by atoms with Gasteiger partial charge in [0.25, 0.3) is 5.22 Å². The van der Waals surface area contributed by atoms with Gasteiger partial charge in [-0.3, -0.25) is 4.79 Å². The maximum absolute atomic E-state index is 12.8. The minimum Gasteiger partial charge on any atom is -0.411 e. The van der Waals surface area contributed by atoms with Crippen LogP contribution in [0.4, 0.5) is 5.82 Å². The van der Waals surface area contributed by atoms with Gasteiger partial charge in [-0.2, -0.15) is 5.26 Å². The summed E-state index contributed by atoms with van der Waals surface area (Å²) in [5, 5.41) is 21.2. The summed E-state index contributed by atoms with van der Waals surface area (Å²) in [6.45, 7) is 5.99. The van der Waals surface area contributed by atoms with Crippen molar-refractivity contribution in [3.63, 3.8) is 0 Å². The Balaban J connectivity index is 1.46. The quantitative estimate of drug-likeness (QED) is 0.494. The predicted molar refractivity (Wildman–Crippen MR) is 125 cm³/mol. The average Bonchev–Trinajstić information content (AvgIpc) is 3.36. The molecular formula is C24H27N5O2S. The Labute approximate surface area is 192 Å². The zero-order valence-electron chi connectivity index (χ0n) is 18.6. The van der Waals surface area contributed by atoms with Gasteiger partial charge in [0.2, 0.25) is 11.8 Å². The maximum atomic E-state index is 12.8. The minimum absolute atomic E-state index is 0.119. The number of hydrogen-bond acceptors (Lipinski definition) is 6. The van der Waals surface area contributed by atoms with Crippen LogP contribution in [0.1, 0.15) is 60.5 Å². The normalized spacial score (nSPS) is 14.3. The number of carbonyl (C=O) groups is 1. The molecule has 32 heavy (non-hydrogen) atoms. The van der Waals surface area contributed by atoms with Crippen LogP contribution >= 0.6 is 11.8 Å². The van der Waals surface area contributed by atoms with Gasteiger partial charge in [-0.25, -0.2) is 0 Å². The fourth-order valence-corrected chi connectivity index (χ4v) is 4.82. The zero-order chi connectivity index (χ0) is 22.7. The monoisotopic (exact) mass is 449 g/mol. The summed E-state index contributed by atoms with van der Waals surface area (Å²) in [7, 11) is 0. The molecule has 1 aromatic carbocycles. The van der Waals surface area contributed by atoms with Gasteiger partial charge in [-0.15, -0.1) is 10.2 Å².